The van der Waals surface area contributed by atoms with E-state index in [0.29, 0.717) is 19.8 Å². The molecule has 5 nitrogen and oxygen atoms in total. The zero-order chi connectivity index (χ0) is 13.7. The van der Waals surface area contributed by atoms with Crippen LogP contribution < -0.4 is 16.0 Å². The van der Waals surface area contributed by atoms with Gasteiger partial charge in [-0.3, -0.25) is 4.79 Å². The smallest absolute Gasteiger partial charge is 0.244 e. The third kappa shape index (κ3) is 3.61. The van der Waals surface area contributed by atoms with Gasteiger partial charge in [0, 0.05) is 19.2 Å². The summed E-state index contributed by atoms with van der Waals surface area (Å²) < 4.78 is 5.29. The highest BCUT2D eigenvalue weighted by molar-refractivity contribution is 5.88. The third-order valence-electron chi connectivity index (χ3n) is 3.03. The van der Waals surface area contributed by atoms with Crippen molar-refractivity contribution in [3.8, 4) is 0 Å². The minimum Gasteiger partial charge on any atom is -0.381 e. The summed E-state index contributed by atoms with van der Waals surface area (Å²) in [7, 11) is 0. The molecule has 2 atom stereocenters. The Morgan fingerprint density at radius 1 is 1.47 bits per heavy atom. The van der Waals surface area contributed by atoms with Gasteiger partial charge in [-0.15, -0.1) is 0 Å². The highest BCUT2D eigenvalue weighted by Gasteiger charge is 2.24. The lowest BCUT2D eigenvalue weighted by Gasteiger charge is -2.28. The predicted octanol–water partition coefficient (Wildman–Crippen LogP) is 1.43. The number of amides is 1. The average molecular weight is 263 g/mol. The van der Waals surface area contributed by atoms with Gasteiger partial charge in [-0.2, -0.15) is 0 Å². The summed E-state index contributed by atoms with van der Waals surface area (Å²) in [6.45, 7) is 5.68. The fourth-order valence-corrected chi connectivity index (χ4v) is 2.05. The molecular formula is C14H21N3O2. The Morgan fingerprint density at radius 2 is 2.21 bits per heavy atom. The molecule has 1 aromatic rings. The number of benzene rings is 1. The maximum atomic E-state index is 12.1. The molecule has 2 unspecified atom stereocenters. The molecule has 0 aromatic heterocycles. The standard InChI is InChI=1S/C14H21N3O2/c1-3-19-9-10(2)16-14(18)13-8-15-11-6-4-5-7-12(11)17-13/h4-7,10,13,15,17H,3,8-9H2,1-2H3,(H,16,18). The van der Waals surface area contributed by atoms with Crippen LogP contribution in [0.25, 0.3) is 0 Å². The summed E-state index contributed by atoms with van der Waals surface area (Å²) >= 11 is 0. The number of carbonyl (C=O) groups is 1. The molecule has 1 amide bonds. The molecule has 0 saturated heterocycles. The zero-order valence-corrected chi connectivity index (χ0v) is 11.4. The van der Waals surface area contributed by atoms with E-state index in [4.69, 9.17) is 4.74 Å². The van der Waals surface area contributed by atoms with Crippen LogP contribution in [0.5, 0.6) is 0 Å². The van der Waals surface area contributed by atoms with E-state index < -0.39 is 0 Å². The van der Waals surface area contributed by atoms with E-state index in [1.807, 2.05) is 38.1 Å². The first kappa shape index (κ1) is 13.7. The van der Waals surface area contributed by atoms with E-state index >= 15 is 0 Å². The predicted molar refractivity (Wildman–Crippen MR) is 76.4 cm³/mol. The van der Waals surface area contributed by atoms with Gasteiger partial charge in [0.15, 0.2) is 0 Å². The molecule has 0 aliphatic carbocycles. The van der Waals surface area contributed by atoms with E-state index in [9.17, 15) is 4.79 Å². The van der Waals surface area contributed by atoms with Gasteiger partial charge in [-0.1, -0.05) is 12.1 Å². The molecule has 0 bridgehead atoms. The average Bonchev–Trinajstić information content (AvgIpc) is 2.44. The van der Waals surface area contributed by atoms with Crippen molar-refractivity contribution in [1.82, 2.24) is 5.32 Å². The molecule has 1 aliphatic rings. The zero-order valence-electron chi connectivity index (χ0n) is 11.4. The van der Waals surface area contributed by atoms with Gasteiger partial charge in [0.2, 0.25) is 5.91 Å². The highest BCUT2D eigenvalue weighted by Crippen LogP contribution is 2.25. The number of hydrogen-bond donors (Lipinski definition) is 3. The van der Waals surface area contributed by atoms with E-state index in [2.05, 4.69) is 16.0 Å². The molecule has 0 saturated carbocycles. The fraction of sp³-hybridized carbons (Fsp3) is 0.500. The molecule has 104 valence electrons. The minimum absolute atomic E-state index is 0.00536. The maximum Gasteiger partial charge on any atom is 0.244 e. The van der Waals surface area contributed by atoms with Crippen LogP contribution in [0.3, 0.4) is 0 Å². The Hall–Kier alpha value is -1.75. The summed E-state index contributed by atoms with van der Waals surface area (Å²) in [6, 6.07) is 7.65. The normalized spacial score (nSPS) is 18.7. The number of nitrogens with one attached hydrogen (secondary N) is 3. The molecule has 5 heteroatoms. The molecule has 2 rings (SSSR count). The van der Waals surface area contributed by atoms with Gasteiger partial charge in [-0.25, -0.2) is 0 Å². The van der Waals surface area contributed by atoms with Crippen molar-refractivity contribution in [2.45, 2.75) is 25.9 Å². The van der Waals surface area contributed by atoms with Crippen LogP contribution in [0, 0.1) is 0 Å². The highest BCUT2D eigenvalue weighted by atomic mass is 16.5. The lowest BCUT2D eigenvalue weighted by atomic mass is 10.1. The van der Waals surface area contributed by atoms with Crippen LogP contribution >= 0.6 is 0 Å². The van der Waals surface area contributed by atoms with Crippen molar-refractivity contribution in [1.29, 1.82) is 0 Å². The second-order valence-electron chi connectivity index (χ2n) is 4.69. The van der Waals surface area contributed by atoms with Crippen molar-refractivity contribution in [3.05, 3.63) is 24.3 Å². The van der Waals surface area contributed by atoms with Gasteiger partial charge in [0.05, 0.1) is 18.0 Å². The molecule has 0 fully saturated rings. The number of fused-ring (bicyclic) bond motifs is 1. The Balaban J connectivity index is 1.88. The second-order valence-corrected chi connectivity index (χ2v) is 4.69. The summed E-state index contributed by atoms with van der Waals surface area (Å²) in [5.74, 6) is -0.00536. The molecule has 1 heterocycles. The number of para-hydroxylation sites is 2. The van der Waals surface area contributed by atoms with Crippen molar-refractivity contribution in [2.24, 2.45) is 0 Å². The molecule has 1 aromatic carbocycles. The van der Waals surface area contributed by atoms with E-state index in [0.717, 1.165) is 11.4 Å². The van der Waals surface area contributed by atoms with Crippen molar-refractivity contribution < 1.29 is 9.53 Å². The number of hydrogen-bond acceptors (Lipinski definition) is 4. The topological polar surface area (TPSA) is 62.4 Å². The van der Waals surface area contributed by atoms with Crippen LogP contribution in [0.15, 0.2) is 24.3 Å². The van der Waals surface area contributed by atoms with E-state index in [-0.39, 0.29) is 18.0 Å². The quantitative estimate of drug-likeness (QED) is 0.752. The summed E-state index contributed by atoms with van der Waals surface area (Å²) in [5, 5.41) is 9.45. The monoisotopic (exact) mass is 263 g/mol. The van der Waals surface area contributed by atoms with Gasteiger partial charge >= 0.3 is 0 Å². The fourth-order valence-electron chi connectivity index (χ4n) is 2.05. The second kappa shape index (κ2) is 6.43. The molecule has 1 aliphatic heterocycles. The van der Waals surface area contributed by atoms with Crippen molar-refractivity contribution >= 4 is 17.3 Å². The van der Waals surface area contributed by atoms with Gasteiger partial charge in [-0.05, 0) is 26.0 Å². The maximum absolute atomic E-state index is 12.1. The lowest BCUT2D eigenvalue weighted by molar-refractivity contribution is -0.122. The van der Waals surface area contributed by atoms with Crippen LogP contribution in [-0.4, -0.2) is 37.7 Å². The first-order chi connectivity index (χ1) is 9.20. The summed E-state index contributed by atoms with van der Waals surface area (Å²) in [5.41, 5.74) is 2.00. The first-order valence-electron chi connectivity index (χ1n) is 6.68. The molecule has 0 radical (unpaired) electrons. The summed E-state index contributed by atoms with van der Waals surface area (Å²) in [6.07, 6.45) is 0. The van der Waals surface area contributed by atoms with Gasteiger partial charge in [0.1, 0.15) is 6.04 Å². The van der Waals surface area contributed by atoms with Gasteiger partial charge < -0.3 is 20.7 Å². The van der Waals surface area contributed by atoms with Crippen LogP contribution in [0.4, 0.5) is 11.4 Å². The third-order valence-corrected chi connectivity index (χ3v) is 3.03. The lowest BCUT2D eigenvalue weighted by Crippen LogP contribution is -2.49. The molecular weight excluding hydrogens is 242 g/mol. The molecule has 3 N–H and O–H groups in total. The van der Waals surface area contributed by atoms with Gasteiger partial charge in [0.25, 0.3) is 0 Å². The Labute approximate surface area is 113 Å². The first-order valence-corrected chi connectivity index (χ1v) is 6.68. The number of rotatable bonds is 5. The van der Waals surface area contributed by atoms with Crippen molar-refractivity contribution in [3.63, 3.8) is 0 Å². The molecule has 19 heavy (non-hydrogen) atoms. The van der Waals surface area contributed by atoms with E-state index in [1.54, 1.807) is 0 Å². The largest absolute Gasteiger partial charge is 0.381 e. The number of anilines is 2. The number of ether oxygens (including phenoxy) is 1. The van der Waals surface area contributed by atoms with Crippen LogP contribution in [0.2, 0.25) is 0 Å². The SMILES string of the molecule is CCOCC(C)NC(=O)C1CNc2ccccc2N1. The molecule has 0 spiro atoms. The van der Waals surface area contributed by atoms with Crippen molar-refractivity contribution in [2.75, 3.05) is 30.4 Å². The van der Waals surface area contributed by atoms with Crippen LogP contribution in [0.1, 0.15) is 13.8 Å². The summed E-state index contributed by atoms with van der Waals surface area (Å²) in [4.78, 5) is 12.1. The Bertz CT molecular complexity index is 436. The number of carbonyl (C=O) groups excluding carboxylic acids is 1. The minimum atomic E-state index is -0.251. The Morgan fingerprint density at radius 3 is 2.95 bits per heavy atom. The van der Waals surface area contributed by atoms with E-state index in [1.165, 1.54) is 0 Å². The van der Waals surface area contributed by atoms with Crippen LogP contribution in [-0.2, 0) is 9.53 Å². The Kier molecular flexibility index (Phi) is 4.63.